The van der Waals surface area contributed by atoms with Gasteiger partial charge in [-0.15, -0.1) is 0 Å². The van der Waals surface area contributed by atoms with Gasteiger partial charge in [-0.05, 0) is 55.4 Å². The van der Waals surface area contributed by atoms with Crippen LogP contribution in [-0.2, 0) is 6.42 Å². The first-order chi connectivity index (χ1) is 16.0. The lowest BCUT2D eigenvalue weighted by Gasteiger charge is -2.30. The van der Waals surface area contributed by atoms with Crippen molar-refractivity contribution in [2.45, 2.75) is 26.3 Å². The molecule has 3 rings (SSSR count). The van der Waals surface area contributed by atoms with Crippen molar-refractivity contribution < 1.29 is 9.90 Å². The van der Waals surface area contributed by atoms with E-state index in [1.165, 1.54) is 6.20 Å². The molecule has 1 atom stereocenters. The molecule has 1 aromatic heterocycles. The highest BCUT2D eigenvalue weighted by atomic mass is 35.5. The maximum absolute atomic E-state index is 13.0. The summed E-state index contributed by atoms with van der Waals surface area (Å²) in [5, 5.41) is 12.9. The zero-order chi connectivity index (χ0) is 23.8. The van der Waals surface area contributed by atoms with Crippen LogP contribution < -0.4 is 10.7 Å². The van der Waals surface area contributed by atoms with E-state index < -0.39 is 5.91 Å². The minimum absolute atomic E-state index is 0.0551. The number of aromatic amines is 1. The largest absolute Gasteiger partial charge is 0.384 e. The first kappa shape index (κ1) is 24.5. The number of pyridine rings is 1. The number of aliphatic hydroxyl groups is 1. The Morgan fingerprint density at radius 2 is 1.91 bits per heavy atom. The van der Waals surface area contributed by atoms with Crippen molar-refractivity contribution in [3.05, 3.63) is 80.6 Å². The molecule has 172 valence electrons. The number of nitrogens with zero attached hydrogens (tertiary/aromatic N) is 1. The van der Waals surface area contributed by atoms with Crippen LogP contribution in [0.25, 0.3) is 10.9 Å². The molecule has 6 nitrogen and oxygen atoms in total. The number of halogens is 1. The summed E-state index contributed by atoms with van der Waals surface area (Å²) in [6.07, 6.45) is 2.20. The Balaban J connectivity index is 1.80. The zero-order valence-electron chi connectivity index (χ0n) is 18.8. The van der Waals surface area contributed by atoms with E-state index in [1.807, 2.05) is 24.3 Å². The number of H-pyrrole nitrogens is 1. The molecule has 0 saturated heterocycles. The van der Waals surface area contributed by atoms with Gasteiger partial charge in [0, 0.05) is 40.3 Å². The molecule has 1 amide bonds. The van der Waals surface area contributed by atoms with E-state index in [0.29, 0.717) is 28.0 Å². The van der Waals surface area contributed by atoms with Crippen molar-refractivity contribution in [2.75, 3.05) is 26.2 Å². The molecule has 0 bridgehead atoms. The number of carbonyl (C=O) groups excluding carboxylic acids is 1. The number of aromatic nitrogens is 1. The molecule has 0 aliphatic rings. The third kappa shape index (κ3) is 6.23. The van der Waals surface area contributed by atoms with Gasteiger partial charge in [-0.2, -0.15) is 0 Å². The Bertz CT molecular complexity index is 1220. The fourth-order valence-corrected chi connectivity index (χ4v) is 4.00. The number of likely N-dealkylation sites (N-methyl/N-ethyl adjacent to an activating group) is 1. The summed E-state index contributed by atoms with van der Waals surface area (Å²) in [6.45, 7) is 6.01. The fourth-order valence-electron chi connectivity index (χ4n) is 3.88. The molecule has 2 aromatic carbocycles. The molecule has 0 aliphatic carbocycles. The first-order valence-electron chi connectivity index (χ1n) is 11.0. The van der Waals surface area contributed by atoms with Crippen LogP contribution in [0.5, 0.6) is 0 Å². The predicted molar refractivity (Wildman–Crippen MR) is 133 cm³/mol. The normalized spacial score (nSPS) is 11.8. The first-order valence-corrected chi connectivity index (χ1v) is 11.4. The van der Waals surface area contributed by atoms with Crippen molar-refractivity contribution in [3.8, 4) is 11.8 Å². The minimum Gasteiger partial charge on any atom is -0.384 e. The van der Waals surface area contributed by atoms with Gasteiger partial charge in [0.15, 0.2) is 0 Å². The second-order valence-corrected chi connectivity index (χ2v) is 8.10. The average Bonchev–Trinajstić information content (AvgIpc) is 2.83. The van der Waals surface area contributed by atoms with E-state index in [0.717, 1.165) is 25.1 Å². The molecule has 33 heavy (non-hydrogen) atoms. The van der Waals surface area contributed by atoms with Crippen LogP contribution in [0.3, 0.4) is 0 Å². The Kier molecular flexibility index (Phi) is 8.67. The lowest BCUT2D eigenvalue weighted by atomic mass is 10.0. The summed E-state index contributed by atoms with van der Waals surface area (Å²) in [6, 6.07) is 12.9. The molecule has 0 radical (unpaired) electrons. The van der Waals surface area contributed by atoms with Crippen LogP contribution in [0.1, 0.15) is 35.3 Å². The number of nitrogens with one attached hydrogen (secondary N) is 2. The lowest BCUT2D eigenvalue weighted by Crippen LogP contribution is -2.45. The maximum Gasteiger partial charge on any atom is 0.256 e. The quantitative estimate of drug-likeness (QED) is 0.446. The monoisotopic (exact) mass is 465 g/mol. The van der Waals surface area contributed by atoms with E-state index in [2.05, 4.69) is 40.9 Å². The van der Waals surface area contributed by atoms with Gasteiger partial charge < -0.3 is 15.4 Å². The summed E-state index contributed by atoms with van der Waals surface area (Å²) < 4.78 is 0. The Labute approximate surface area is 198 Å². The third-order valence-corrected chi connectivity index (χ3v) is 5.90. The topological polar surface area (TPSA) is 85.4 Å². The highest BCUT2D eigenvalue weighted by Crippen LogP contribution is 2.14. The van der Waals surface area contributed by atoms with Gasteiger partial charge in [-0.1, -0.05) is 49.4 Å². The van der Waals surface area contributed by atoms with Gasteiger partial charge in [-0.3, -0.25) is 14.5 Å². The summed E-state index contributed by atoms with van der Waals surface area (Å²) in [7, 11) is 0. The SMILES string of the molecule is CCN(CC)C(CNC(=O)c1c[nH]c2ccc(C#CCO)cc2c1=O)Cc1ccc(Cl)cc1. The Morgan fingerprint density at radius 1 is 1.18 bits per heavy atom. The van der Waals surface area contributed by atoms with Gasteiger partial charge in [0.05, 0.1) is 0 Å². The van der Waals surface area contributed by atoms with Crippen molar-refractivity contribution in [1.29, 1.82) is 0 Å². The highest BCUT2D eigenvalue weighted by molar-refractivity contribution is 6.30. The molecule has 3 aromatic rings. The van der Waals surface area contributed by atoms with Crippen molar-refractivity contribution in [2.24, 2.45) is 0 Å². The summed E-state index contributed by atoms with van der Waals surface area (Å²) in [4.78, 5) is 31.3. The minimum atomic E-state index is -0.418. The number of carbonyl (C=O) groups is 1. The summed E-state index contributed by atoms with van der Waals surface area (Å²) >= 11 is 6.01. The molecule has 1 heterocycles. The van der Waals surface area contributed by atoms with E-state index in [9.17, 15) is 9.59 Å². The van der Waals surface area contributed by atoms with Crippen LogP contribution in [0.2, 0.25) is 5.02 Å². The second-order valence-electron chi connectivity index (χ2n) is 7.67. The van der Waals surface area contributed by atoms with E-state index in [4.69, 9.17) is 16.7 Å². The van der Waals surface area contributed by atoms with Crippen LogP contribution in [-0.4, -0.2) is 53.2 Å². The molecule has 0 aliphatic heterocycles. The lowest BCUT2D eigenvalue weighted by molar-refractivity contribution is 0.0933. The number of rotatable bonds is 8. The summed E-state index contributed by atoms with van der Waals surface area (Å²) in [5.41, 5.74) is 2.05. The number of fused-ring (bicyclic) bond motifs is 1. The van der Waals surface area contributed by atoms with E-state index in [1.54, 1.807) is 18.2 Å². The van der Waals surface area contributed by atoms with E-state index in [-0.39, 0.29) is 23.6 Å². The number of benzene rings is 2. The molecular formula is C26H28ClN3O3. The van der Waals surface area contributed by atoms with Crippen molar-refractivity contribution in [1.82, 2.24) is 15.2 Å². The Hall–Kier alpha value is -3.11. The van der Waals surface area contributed by atoms with Gasteiger partial charge in [0.2, 0.25) is 5.43 Å². The summed E-state index contributed by atoms with van der Waals surface area (Å²) in [5.74, 6) is 4.93. The van der Waals surface area contributed by atoms with Crippen LogP contribution in [0.15, 0.2) is 53.5 Å². The van der Waals surface area contributed by atoms with Gasteiger partial charge in [0.25, 0.3) is 5.91 Å². The van der Waals surface area contributed by atoms with Gasteiger partial charge in [0.1, 0.15) is 12.2 Å². The van der Waals surface area contributed by atoms with E-state index >= 15 is 0 Å². The van der Waals surface area contributed by atoms with Gasteiger partial charge in [-0.25, -0.2) is 0 Å². The van der Waals surface area contributed by atoms with Crippen molar-refractivity contribution in [3.63, 3.8) is 0 Å². The molecule has 3 N–H and O–H groups in total. The second kappa shape index (κ2) is 11.7. The molecule has 0 fully saturated rings. The standard InChI is InChI=1S/C26H28ClN3O3/c1-3-30(4-2)21(14-19-7-10-20(27)11-8-19)16-29-26(33)23-17-28-24-12-9-18(6-5-13-31)15-22(24)25(23)32/h7-12,15,17,21,31H,3-4,13-14,16H2,1-2H3,(H,28,32)(H,29,33). The molecule has 0 saturated carbocycles. The third-order valence-electron chi connectivity index (χ3n) is 5.65. The predicted octanol–water partition coefficient (Wildman–Crippen LogP) is 3.21. The molecule has 0 spiro atoms. The van der Waals surface area contributed by atoms with Crippen LogP contribution in [0, 0.1) is 11.8 Å². The smallest absolute Gasteiger partial charge is 0.256 e. The van der Waals surface area contributed by atoms with Crippen molar-refractivity contribution >= 4 is 28.4 Å². The highest BCUT2D eigenvalue weighted by Gasteiger charge is 2.19. The average molecular weight is 466 g/mol. The maximum atomic E-state index is 13.0. The Morgan fingerprint density at radius 3 is 2.58 bits per heavy atom. The van der Waals surface area contributed by atoms with Crippen LogP contribution in [0.4, 0.5) is 0 Å². The molecule has 7 heteroatoms. The number of amides is 1. The number of aliphatic hydroxyl groups excluding tert-OH is 1. The van der Waals surface area contributed by atoms with Gasteiger partial charge >= 0.3 is 0 Å². The number of hydrogen-bond donors (Lipinski definition) is 3. The zero-order valence-corrected chi connectivity index (χ0v) is 19.6. The molecule has 1 unspecified atom stereocenters. The molecular weight excluding hydrogens is 438 g/mol. The fraction of sp³-hybridized carbons (Fsp3) is 0.308. The van der Waals surface area contributed by atoms with Crippen LogP contribution >= 0.6 is 11.6 Å². The number of hydrogen-bond acceptors (Lipinski definition) is 4.